The highest BCUT2D eigenvalue weighted by Gasteiger charge is 2.35. The van der Waals surface area contributed by atoms with Gasteiger partial charge in [0.2, 0.25) is 10.0 Å². The van der Waals surface area contributed by atoms with E-state index >= 15 is 0 Å². The zero-order valence-electron chi connectivity index (χ0n) is 13.1. The van der Waals surface area contributed by atoms with Gasteiger partial charge in [-0.3, -0.25) is 4.98 Å². The maximum Gasteiger partial charge on any atom is 0.241 e. The molecule has 0 amide bonds. The third-order valence-electron chi connectivity index (χ3n) is 4.25. The molecule has 3 rings (SSSR count). The third kappa shape index (κ3) is 3.37. The summed E-state index contributed by atoms with van der Waals surface area (Å²) in [5.74, 6) is 0. The Bertz CT molecular complexity index is 781. The lowest BCUT2D eigenvalue weighted by Gasteiger charge is -2.28. The lowest BCUT2D eigenvalue weighted by molar-refractivity contribution is 0.122. The molecule has 1 aliphatic rings. The van der Waals surface area contributed by atoms with Crippen LogP contribution in [-0.4, -0.2) is 45.7 Å². The number of aromatic nitrogens is 1. The zero-order valence-corrected chi connectivity index (χ0v) is 13.9. The van der Waals surface area contributed by atoms with E-state index in [9.17, 15) is 8.42 Å². The van der Waals surface area contributed by atoms with E-state index in [2.05, 4.69) is 15.0 Å². The predicted molar refractivity (Wildman–Crippen MR) is 88.8 cm³/mol. The summed E-state index contributed by atoms with van der Waals surface area (Å²) in [7, 11) is -1.98. The van der Waals surface area contributed by atoms with Gasteiger partial charge in [0.1, 0.15) is 0 Å². The van der Waals surface area contributed by atoms with Crippen LogP contribution >= 0.6 is 0 Å². The van der Waals surface area contributed by atoms with Crippen molar-refractivity contribution >= 4 is 20.9 Å². The van der Waals surface area contributed by atoms with E-state index in [4.69, 9.17) is 4.74 Å². The van der Waals surface area contributed by atoms with Gasteiger partial charge in [-0.2, -0.15) is 0 Å². The summed E-state index contributed by atoms with van der Waals surface area (Å²) < 4.78 is 33.5. The highest BCUT2D eigenvalue weighted by Crippen LogP contribution is 2.23. The normalized spacial score (nSPS) is 21.8. The first-order chi connectivity index (χ1) is 11.1. The molecule has 0 radical (unpaired) electrons. The number of hydrogen-bond donors (Lipinski definition) is 2. The Kier molecular flexibility index (Phi) is 4.63. The maximum absolute atomic E-state index is 12.7. The summed E-state index contributed by atoms with van der Waals surface area (Å²) in [5.41, 5.74) is 0.339. The molecular weight excluding hydrogens is 314 g/mol. The van der Waals surface area contributed by atoms with Crippen molar-refractivity contribution in [2.24, 2.45) is 0 Å². The van der Waals surface area contributed by atoms with Crippen molar-refractivity contribution in [3.8, 4) is 0 Å². The van der Waals surface area contributed by atoms with Gasteiger partial charge in [0.05, 0.1) is 22.6 Å². The Morgan fingerprint density at radius 3 is 2.96 bits per heavy atom. The van der Waals surface area contributed by atoms with Gasteiger partial charge < -0.3 is 10.1 Å². The molecule has 6 nitrogen and oxygen atoms in total. The summed E-state index contributed by atoms with van der Waals surface area (Å²) in [4.78, 5) is 4.47. The number of benzene rings is 1. The fourth-order valence-electron chi connectivity index (χ4n) is 3.09. The lowest BCUT2D eigenvalue weighted by atomic mass is 9.99. The van der Waals surface area contributed by atoms with Crippen molar-refractivity contribution in [1.82, 2.24) is 15.0 Å². The van der Waals surface area contributed by atoms with E-state index in [-0.39, 0.29) is 10.4 Å². The van der Waals surface area contributed by atoms with Gasteiger partial charge >= 0.3 is 0 Å². The molecule has 1 saturated heterocycles. The summed E-state index contributed by atoms with van der Waals surface area (Å²) in [6.07, 6.45) is 3.56. The van der Waals surface area contributed by atoms with E-state index in [0.29, 0.717) is 24.1 Å². The molecule has 0 aliphatic carbocycles. The SMILES string of the molecule is COCC1(CNS(=O)(=O)c2cccc3ncccc23)CCCN1. The first-order valence-corrected chi connectivity index (χ1v) is 9.12. The van der Waals surface area contributed by atoms with Gasteiger partial charge in [0.25, 0.3) is 0 Å². The van der Waals surface area contributed by atoms with Crippen LogP contribution in [0, 0.1) is 0 Å². The molecule has 7 heteroatoms. The van der Waals surface area contributed by atoms with Gasteiger partial charge in [-0.05, 0) is 43.7 Å². The van der Waals surface area contributed by atoms with E-state index in [1.54, 1.807) is 43.6 Å². The monoisotopic (exact) mass is 335 g/mol. The molecule has 1 unspecified atom stereocenters. The zero-order chi connectivity index (χ0) is 16.3. The van der Waals surface area contributed by atoms with E-state index in [1.165, 1.54) is 0 Å². The van der Waals surface area contributed by atoms with Crippen LogP contribution in [0.5, 0.6) is 0 Å². The van der Waals surface area contributed by atoms with Crippen LogP contribution in [0.2, 0.25) is 0 Å². The Hall–Kier alpha value is -1.54. The van der Waals surface area contributed by atoms with Crippen molar-refractivity contribution in [3.05, 3.63) is 36.5 Å². The second-order valence-corrected chi connectivity index (χ2v) is 7.63. The fourth-order valence-corrected chi connectivity index (χ4v) is 4.43. The van der Waals surface area contributed by atoms with E-state index < -0.39 is 10.0 Å². The van der Waals surface area contributed by atoms with E-state index in [0.717, 1.165) is 19.4 Å². The average Bonchev–Trinajstić information content (AvgIpc) is 3.02. The highest BCUT2D eigenvalue weighted by molar-refractivity contribution is 7.89. The van der Waals surface area contributed by atoms with Gasteiger partial charge in [0.15, 0.2) is 0 Å². The molecule has 2 heterocycles. The molecule has 0 saturated carbocycles. The van der Waals surface area contributed by atoms with Crippen molar-refractivity contribution in [1.29, 1.82) is 0 Å². The number of ether oxygens (including phenoxy) is 1. The molecular formula is C16H21N3O3S. The van der Waals surface area contributed by atoms with Crippen LogP contribution in [0.15, 0.2) is 41.4 Å². The number of fused-ring (bicyclic) bond motifs is 1. The summed E-state index contributed by atoms with van der Waals surface area (Å²) in [6.45, 7) is 1.66. The van der Waals surface area contributed by atoms with Gasteiger partial charge in [0, 0.05) is 25.2 Å². The van der Waals surface area contributed by atoms with Gasteiger partial charge in [-0.1, -0.05) is 6.07 Å². The largest absolute Gasteiger partial charge is 0.383 e. The number of methoxy groups -OCH3 is 1. The van der Waals surface area contributed by atoms with Crippen LogP contribution in [0.4, 0.5) is 0 Å². The molecule has 0 spiro atoms. The van der Waals surface area contributed by atoms with Crippen LogP contribution in [-0.2, 0) is 14.8 Å². The minimum atomic E-state index is -3.62. The third-order valence-corrected chi connectivity index (χ3v) is 5.71. The molecule has 0 bridgehead atoms. The molecule has 23 heavy (non-hydrogen) atoms. The minimum absolute atomic E-state index is 0.258. The topological polar surface area (TPSA) is 80.3 Å². The fraction of sp³-hybridized carbons (Fsp3) is 0.438. The Morgan fingerprint density at radius 2 is 2.22 bits per heavy atom. The minimum Gasteiger partial charge on any atom is -0.383 e. The molecule has 1 fully saturated rings. The molecule has 2 N–H and O–H groups in total. The highest BCUT2D eigenvalue weighted by atomic mass is 32.2. The predicted octanol–water partition coefficient (Wildman–Crippen LogP) is 1.28. The van der Waals surface area contributed by atoms with Gasteiger partial charge in [-0.15, -0.1) is 0 Å². The standard InChI is InChI=1S/C16H21N3O3S/c1-22-12-16(8-4-10-18-16)11-19-23(20,21)15-7-2-6-14-13(15)5-3-9-17-14/h2-3,5-7,9,18-19H,4,8,10-12H2,1H3. The molecule has 2 aromatic rings. The first-order valence-electron chi connectivity index (χ1n) is 7.64. The van der Waals surface area contributed by atoms with Crippen LogP contribution in [0.1, 0.15) is 12.8 Å². The van der Waals surface area contributed by atoms with Crippen LogP contribution in [0.25, 0.3) is 10.9 Å². The summed E-state index contributed by atoms with van der Waals surface area (Å²) in [5, 5.41) is 4.00. The smallest absolute Gasteiger partial charge is 0.241 e. The molecule has 1 aliphatic heterocycles. The first kappa shape index (κ1) is 16.3. The average molecular weight is 335 g/mol. The molecule has 1 atom stereocenters. The van der Waals surface area contributed by atoms with Crippen LogP contribution in [0.3, 0.4) is 0 Å². The number of sulfonamides is 1. The second-order valence-electron chi connectivity index (χ2n) is 5.89. The molecule has 1 aromatic heterocycles. The number of nitrogens with zero attached hydrogens (tertiary/aromatic N) is 1. The van der Waals surface area contributed by atoms with Crippen molar-refractivity contribution in [2.75, 3.05) is 26.8 Å². The Labute approximate surface area is 136 Å². The number of hydrogen-bond acceptors (Lipinski definition) is 5. The van der Waals surface area contributed by atoms with Crippen molar-refractivity contribution < 1.29 is 13.2 Å². The maximum atomic E-state index is 12.7. The van der Waals surface area contributed by atoms with E-state index in [1.807, 2.05) is 0 Å². The Balaban J connectivity index is 1.86. The molecule has 1 aromatic carbocycles. The summed E-state index contributed by atoms with van der Waals surface area (Å²) >= 11 is 0. The van der Waals surface area contributed by atoms with Crippen molar-refractivity contribution in [3.63, 3.8) is 0 Å². The summed E-state index contributed by atoms with van der Waals surface area (Å²) in [6, 6.07) is 8.64. The number of rotatable bonds is 6. The molecule has 124 valence electrons. The van der Waals surface area contributed by atoms with Crippen molar-refractivity contribution in [2.45, 2.75) is 23.3 Å². The lowest BCUT2D eigenvalue weighted by Crippen LogP contribution is -2.52. The van der Waals surface area contributed by atoms with Crippen LogP contribution < -0.4 is 10.0 Å². The van der Waals surface area contributed by atoms with Gasteiger partial charge in [-0.25, -0.2) is 13.1 Å². The Morgan fingerprint density at radius 1 is 1.35 bits per heavy atom. The quantitative estimate of drug-likeness (QED) is 0.831. The number of pyridine rings is 1. The number of nitrogens with one attached hydrogen (secondary N) is 2. The second kappa shape index (κ2) is 6.52.